The molecule has 0 bridgehead atoms. The molecule has 4 heterocycles. The second-order valence-electron chi connectivity index (χ2n) is 7.56. The van der Waals surface area contributed by atoms with Gasteiger partial charge in [0.25, 0.3) is 5.78 Å². The maximum Gasteiger partial charge on any atom is 0.319 e. The first-order valence-corrected chi connectivity index (χ1v) is 10.0. The van der Waals surface area contributed by atoms with Gasteiger partial charge < -0.3 is 20.4 Å². The summed E-state index contributed by atoms with van der Waals surface area (Å²) in [6.45, 7) is 0.913. The van der Waals surface area contributed by atoms with Crippen molar-refractivity contribution in [3.05, 3.63) is 18.4 Å². The molecule has 0 aliphatic carbocycles. The number of anilines is 2. The van der Waals surface area contributed by atoms with Crippen LogP contribution in [0.1, 0.15) is 6.92 Å². The molecule has 0 saturated carbocycles. The zero-order chi connectivity index (χ0) is 23.8. The van der Waals surface area contributed by atoms with Gasteiger partial charge in [-0.2, -0.15) is 28.2 Å². The lowest BCUT2D eigenvalue weighted by molar-refractivity contribution is -0.148. The number of hydrogen-bond donors (Lipinski definition) is 2. The molecule has 3 N–H and O–H groups in total. The van der Waals surface area contributed by atoms with E-state index >= 15 is 0 Å². The van der Waals surface area contributed by atoms with Crippen LogP contribution in [0.25, 0.3) is 17.4 Å². The van der Waals surface area contributed by atoms with E-state index in [0.717, 1.165) is 0 Å². The summed E-state index contributed by atoms with van der Waals surface area (Å²) in [4.78, 5) is 28.0. The summed E-state index contributed by atoms with van der Waals surface area (Å²) in [7, 11) is 0. The number of hydrogen-bond acceptors (Lipinski definition) is 9. The van der Waals surface area contributed by atoms with E-state index < -0.39 is 24.9 Å². The van der Waals surface area contributed by atoms with Gasteiger partial charge in [-0.15, -0.1) is 5.10 Å². The molecule has 4 rings (SSSR count). The number of amides is 1. The summed E-state index contributed by atoms with van der Waals surface area (Å²) in [5, 5.41) is 7.03. The Balaban J connectivity index is 1.38. The van der Waals surface area contributed by atoms with Crippen molar-refractivity contribution in [2.24, 2.45) is 0 Å². The zero-order valence-corrected chi connectivity index (χ0v) is 17.5. The van der Waals surface area contributed by atoms with Crippen molar-refractivity contribution in [1.29, 1.82) is 0 Å². The Morgan fingerprint density at radius 3 is 2.61 bits per heavy atom. The lowest BCUT2D eigenvalue weighted by atomic mass is 10.2. The molecule has 33 heavy (non-hydrogen) atoms. The molecule has 15 heteroatoms. The Hall–Kier alpha value is -3.49. The molecule has 11 nitrogen and oxygen atoms in total. The summed E-state index contributed by atoms with van der Waals surface area (Å²) < 4.78 is 57.8. The van der Waals surface area contributed by atoms with Crippen LogP contribution in [0.15, 0.2) is 22.8 Å². The van der Waals surface area contributed by atoms with Crippen LogP contribution in [0, 0.1) is 0 Å². The maximum absolute atomic E-state index is 13.3. The van der Waals surface area contributed by atoms with Gasteiger partial charge in [0.1, 0.15) is 6.04 Å². The average Bonchev–Trinajstić information content (AvgIpc) is 3.43. The van der Waals surface area contributed by atoms with Crippen LogP contribution in [0.5, 0.6) is 0 Å². The minimum atomic E-state index is -4.09. The summed E-state index contributed by atoms with van der Waals surface area (Å²) in [5.41, 5.74) is 5.93. The Kier molecular flexibility index (Phi) is 6.05. The fraction of sp³-hybridized carbons (Fsp3) is 0.500. The molecular weight excluding hydrogens is 450 g/mol. The summed E-state index contributed by atoms with van der Waals surface area (Å²) in [5.74, 6) is -3.55. The number of rotatable bonds is 7. The molecule has 0 radical (unpaired) electrons. The number of nitrogens with two attached hydrogens (primary N) is 1. The number of halogens is 4. The molecule has 1 aliphatic rings. The summed E-state index contributed by atoms with van der Waals surface area (Å²) in [6.07, 6.45) is -2.26. The Bertz CT molecular complexity index is 1110. The van der Waals surface area contributed by atoms with Crippen LogP contribution in [-0.4, -0.2) is 91.4 Å². The number of fused-ring (bicyclic) bond motifs is 1. The quantitative estimate of drug-likeness (QED) is 0.488. The Labute approximate surface area is 184 Å². The first-order valence-electron chi connectivity index (χ1n) is 10.0. The topological polar surface area (TPSA) is 131 Å². The van der Waals surface area contributed by atoms with E-state index in [-0.39, 0.29) is 55.6 Å². The van der Waals surface area contributed by atoms with Gasteiger partial charge in [-0.05, 0) is 19.1 Å². The fourth-order valence-corrected chi connectivity index (χ4v) is 3.40. The molecular formula is C18H21F4N9O2. The molecule has 1 fully saturated rings. The second-order valence-corrected chi connectivity index (χ2v) is 7.56. The molecule has 178 valence electrons. The molecule has 1 aliphatic heterocycles. The lowest BCUT2D eigenvalue weighted by Gasteiger charge is -2.37. The Morgan fingerprint density at radius 1 is 1.24 bits per heavy atom. The van der Waals surface area contributed by atoms with Gasteiger partial charge in [0.05, 0.1) is 12.8 Å². The molecule has 1 atom stereocenters. The molecule has 0 aromatic carbocycles. The fourth-order valence-electron chi connectivity index (χ4n) is 3.40. The van der Waals surface area contributed by atoms with E-state index in [9.17, 15) is 22.4 Å². The highest BCUT2D eigenvalue weighted by atomic mass is 19.3. The van der Waals surface area contributed by atoms with Gasteiger partial charge in [-0.3, -0.25) is 9.69 Å². The number of nitrogens with zero attached hydrogens (tertiary/aromatic N) is 7. The number of piperazine rings is 1. The summed E-state index contributed by atoms with van der Waals surface area (Å²) in [6, 6.07) is 2.58. The van der Waals surface area contributed by atoms with E-state index in [4.69, 9.17) is 10.2 Å². The van der Waals surface area contributed by atoms with Gasteiger partial charge >= 0.3 is 12.3 Å². The number of carbonyl (C=O) groups excluding carboxylic acids is 1. The third-order valence-electron chi connectivity index (χ3n) is 5.13. The predicted molar refractivity (Wildman–Crippen MR) is 108 cm³/mol. The van der Waals surface area contributed by atoms with E-state index in [1.807, 2.05) is 0 Å². The number of carbonyl (C=O) groups is 1. The molecule has 1 saturated heterocycles. The predicted octanol–water partition coefficient (Wildman–Crippen LogP) is 1.21. The van der Waals surface area contributed by atoms with E-state index in [1.165, 1.54) is 20.6 Å². The number of aromatic nitrogens is 5. The van der Waals surface area contributed by atoms with Crippen LogP contribution in [0.4, 0.5) is 29.5 Å². The van der Waals surface area contributed by atoms with Crippen molar-refractivity contribution < 1.29 is 26.8 Å². The van der Waals surface area contributed by atoms with E-state index in [2.05, 4.69) is 25.4 Å². The standard InChI is InChI=1S/C18H21F4N9O2/c1-10(13(32)30-6-4-29(5-7-30)9-18(21,22)14(19)20)24-16-26-15(23)31-17(27-16)25-12(28-31)11-3-2-8-33-11/h2-3,8,10,14H,4-7,9H2,1H3,(H3,23,24,25,26,27,28)/t10-/m0/s1. The van der Waals surface area contributed by atoms with Crippen LogP contribution in [0.3, 0.4) is 0 Å². The molecule has 0 unspecified atom stereocenters. The van der Waals surface area contributed by atoms with Crippen molar-refractivity contribution in [3.8, 4) is 11.6 Å². The van der Waals surface area contributed by atoms with Crippen molar-refractivity contribution in [1.82, 2.24) is 34.4 Å². The van der Waals surface area contributed by atoms with Crippen molar-refractivity contribution in [2.45, 2.75) is 25.3 Å². The minimum absolute atomic E-state index is 0.0129. The normalized spacial score (nSPS) is 16.5. The highest BCUT2D eigenvalue weighted by Crippen LogP contribution is 2.24. The maximum atomic E-state index is 13.3. The van der Waals surface area contributed by atoms with Gasteiger partial charge in [0.2, 0.25) is 23.6 Å². The number of furan rings is 1. The average molecular weight is 471 g/mol. The van der Waals surface area contributed by atoms with Crippen LogP contribution >= 0.6 is 0 Å². The van der Waals surface area contributed by atoms with Crippen LogP contribution in [-0.2, 0) is 4.79 Å². The zero-order valence-electron chi connectivity index (χ0n) is 17.5. The number of alkyl halides is 4. The van der Waals surface area contributed by atoms with E-state index in [1.54, 1.807) is 19.1 Å². The molecule has 1 amide bonds. The summed E-state index contributed by atoms with van der Waals surface area (Å²) >= 11 is 0. The van der Waals surface area contributed by atoms with Crippen molar-refractivity contribution >= 4 is 23.6 Å². The van der Waals surface area contributed by atoms with Gasteiger partial charge in [-0.25, -0.2) is 8.78 Å². The number of nitrogens with one attached hydrogen (secondary N) is 1. The SMILES string of the molecule is C[C@H](Nc1nc(N)n2nc(-c3ccco3)nc2n1)C(=O)N1CCN(CC(F)(F)C(F)F)CC1. The monoisotopic (exact) mass is 471 g/mol. The Morgan fingerprint density at radius 2 is 1.97 bits per heavy atom. The molecule has 3 aromatic heterocycles. The lowest BCUT2D eigenvalue weighted by Crippen LogP contribution is -2.54. The minimum Gasteiger partial charge on any atom is -0.461 e. The highest BCUT2D eigenvalue weighted by Gasteiger charge is 2.43. The van der Waals surface area contributed by atoms with Crippen molar-refractivity contribution in [2.75, 3.05) is 43.8 Å². The van der Waals surface area contributed by atoms with Crippen LogP contribution < -0.4 is 11.1 Å². The first-order chi connectivity index (χ1) is 15.6. The van der Waals surface area contributed by atoms with Gasteiger partial charge in [-0.1, -0.05) is 0 Å². The first kappa shape index (κ1) is 22.7. The third-order valence-corrected chi connectivity index (χ3v) is 5.13. The van der Waals surface area contributed by atoms with Gasteiger partial charge in [0.15, 0.2) is 5.76 Å². The van der Waals surface area contributed by atoms with Crippen LogP contribution in [0.2, 0.25) is 0 Å². The third kappa shape index (κ3) is 4.81. The molecule has 3 aromatic rings. The second kappa shape index (κ2) is 8.80. The number of nitrogen functional groups attached to an aromatic ring is 1. The van der Waals surface area contributed by atoms with Crippen molar-refractivity contribution in [3.63, 3.8) is 0 Å². The highest BCUT2D eigenvalue weighted by molar-refractivity contribution is 5.84. The smallest absolute Gasteiger partial charge is 0.319 e. The molecule has 0 spiro atoms. The van der Waals surface area contributed by atoms with E-state index in [0.29, 0.717) is 5.76 Å². The largest absolute Gasteiger partial charge is 0.461 e. The van der Waals surface area contributed by atoms with Gasteiger partial charge in [0, 0.05) is 26.2 Å².